The largest absolute Gasteiger partial charge is 0.465 e. The number of hydrogen-bond acceptors (Lipinski definition) is 17. The molecule has 1 aliphatic rings. The van der Waals surface area contributed by atoms with Crippen LogP contribution >= 0.6 is 0 Å². The summed E-state index contributed by atoms with van der Waals surface area (Å²) in [6.07, 6.45) is 0.772. The summed E-state index contributed by atoms with van der Waals surface area (Å²) in [6, 6.07) is -16.0. The van der Waals surface area contributed by atoms with E-state index < -0.39 is 192 Å². The zero-order valence-electron chi connectivity index (χ0n) is 63.6. The number of nitrogens with zero attached hydrogens (tertiary/aromatic N) is 7. The van der Waals surface area contributed by atoms with Gasteiger partial charge in [0.05, 0.1) is 24.9 Å². The maximum atomic E-state index is 15.6. The van der Waals surface area contributed by atoms with Crippen molar-refractivity contribution in [1.29, 1.82) is 0 Å². The Balaban J connectivity index is 4.75. The molecule has 1 saturated heterocycles. The van der Waals surface area contributed by atoms with E-state index in [1.807, 2.05) is 27.7 Å². The summed E-state index contributed by atoms with van der Waals surface area (Å²) in [6.45, 7) is 30.5. The highest BCUT2D eigenvalue weighted by Gasteiger charge is 2.48. The average molecular weight is 1390 g/mol. The fraction of sp³-hybridized carbons (Fsp3) is 0.786. The third-order valence-electron chi connectivity index (χ3n) is 18.0. The normalized spacial score (nSPS) is 25.7. The van der Waals surface area contributed by atoms with E-state index in [2.05, 4.69) is 21.3 Å². The number of aliphatic hydroxyl groups is 2. The molecule has 28 heteroatoms. The van der Waals surface area contributed by atoms with Crippen molar-refractivity contribution in [3.63, 3.8) is 0 Å². The number of rotatable bonds is 21. The summed E-state index contributed by atoms with van der Waals surface area (Å²) >= 11 is 0. The molecule has 0 aromatic carbocycles. The van der Waals surface area contributed by atoms with Crippen molar-refractivity contribution in [1.82, 2.24) is 55.6 Å². The van der Waals surface area contributed by atoms with Crippen molar-refractivity contribution < 1.29 is 82.0 Å². The van der Waals surface area contributed by atoms with Gasteiger partial charge in [0.25, 0.3) is 0 Å². The maximum absolute atomic E-state index is 15.6. The molecule has 6 N–H and O–H groups in total. The molecule has 1 fully saturated rings. The Hall–Kier alpha value is -7.23. The standard InChI is InChI=1S/C70H123N11O17/c1-27-31-32-43(15)56(82)55-60(86)73-47(28-2)62(88)77(22)51(36-46(68(94)97-29-3)69(95)98-30-4)64(90)79(24)52(37-70(18,19)96)59(85)74-53(41(11)12)66(92)75(20)48(33-38(5)6)58(84)71-44(16)57(83)72-45(17)61(87)76(21)49(34-39(7)8)63(89)78(23)50(35-40(9)10)65(91)80(25)54(42(13)14)67(93)81(55)26/h27,31,38-56,82,96H,28-30,32-37H2,1-26H3,(H,71,84)(H,72,83)(H,73,86)(H,74,85)/t43-,44+,45-,47+,48+,49+,50+,51-,52+,53+,54+,55+,56-/m1/s1. The van der Waals surface area contributed by atoms with Gasteiger partial charge in [0, 0.05) is 62.2 Å². The van der Waals surface area contributed by atoms with E-state index in [0.29, 0.717) is 0 Å². The first kappa shape index (κ1) is 88.8. The first-order valence-electron chi connectivity index (χ1n) is 34.7. The van der Waals surface area contributed by atoms with Crippen LogP contribution in [-0.4, -0.2) is 262 Å². The Morgan fingerprint density at radius 2 is 0.878 bits per heavy atom. The van der Waals surface area contributed by atoms with Gasteiger partial charge in [-0.3, -0.25) is 62.3 Å². The van der Waals surface area contributed by atoms with Crippen molar-refractivity contribution in [3.05, 3.63) is 12.2 Å². The highest BCUT2D eigenvalue weighted by atomic mass is 16.6. The van der Waals surface area contributed by atoms with Crippen molar-refractivity contribution in [2.45, 2.75) is 255 Å². The van der Waals surface area contributed by atoms with Crippen molar-refractivity contribution >= 4 is 76.9 Å². The third-order valence-corrected chi connectivity index (χ3v) is 18.0. The number of aliphatic hydroxyl groups excluding tert-OH is 1. The van der Waals surface area contributed by atoms with Gasteiger partial charge in [-0.15, -0.1) is 0 Å². The highest BCUT2D eigenvalue weighted by Crippen LogP contribution is 2.28. The molecule has 13 atom stereocenters. The minimum Gasteiger partial charge on any atom is -0.465 e. The van der Waals surface area contributed by atoms with Crippen LogP contribution in [0, 0.1) is 41.4 Å². The Morgan fingerprint density at radius 3 is 1.31 bits per heavy atom. The lowest BCUT2D eigenvalue weighted by atomic mass is 9.91. The third kappa shape index (κ3) is 24.9. The van der Waals surface area contributed by atoms with Crippen LogP contribution in [0.25, 0.3) is 0 Å². The summed E-state index contributed by atoms with van der Waals surface area (Å²) in [7, 11) is 9.20. The summed E-state index contributed by atoms with van der Waals surface area (Å²) in [5, 5.41) is 34.5. The number of ether oxygens (including phenoxy) is 2. The fourth-order valence-electron chi connectivity index (χ4n) is 12.1. The van der Waals surface area contributed by atoms with Crippen LogP contribution in [0.3, 0.4) is 0 Å². The van der Waals surface area contributed by atoms with E-state index >= 15 is 33.6 Å². The van der Waals surface area contributed by atoms with Gasteiger partial charge in [-0.1, -0.05) is 95.2 Å². The van der Waals surface area contributed by atoms with Crippen LogP contribution in [0.2, 0.25) is 0 Å². The summed E-state index contributed by atoms with van der Waals surface area (Å²) in [5.41, 5.74) is -1.74. The van der Waals surface area contributed by atoms with Crippen molar-refractivity contribution in [3.8, 4) is 0 Å². The number of amides is 11. The Kier molecular flexibility index (Phi) is 36.4. The van der Waals surface area contributed by atoms with Crippen LogP contribution < -0.4 is 21.3 Å². The van der Waals surface area contributed by atoms with Crippen molar-refractivity contribution in [2.75, 3.05) is 62.5 Å². The summed E-state index contributed by atoms with van der Waals surface area (Å²) < 4.78 is 10.6. The Morgan fingerprint density at radius 1 is 0.480 bits per heavy atom. The molecule has 0 unspecified atom stereocenters. The van der Waals surface area contributed by atoms with Gasteiger partial charge in [-0.05, 0) is 116 Å². The van der Waals surface area contributed by atoms with E-state index in [9.17, 15) is 39.0 Å². The van der Waals surface area contributed by atoms with Crippen LogP contribution in [-0.2, 0) is 71.8 Å². The molecule has 28 nitrogen and oxygen atoms in total. The molecular weight excluding hydrogens is 1270 g/mol. The fourth-order valence-corrected chi connectivity index (χ4v) is 12.1. The summed E-state index contributed by atoms with van der Waals surface area (Å²) in [4.78, 5) is 200. The second-order valence-electron chi connectivity index (χ2n) is 29.0. The molecule has 11 amide bonds. The van der Waals surface area contributed by atoms with Gasteiger partial charge in [0.2, 0.25) is 65.0 Å². The van der Waals surface area contributed by atoms with Crippen LogP contribution in [0.1, 0.15) is 176 Å². The van der Waals surface area contributed by atoms with E-state index in [4.69, 9.17) is 9.47 Å². The predicted octanol–water partition coefficient (Wildman–Crippen LogP) is 2.88. The molecule has 0 bridgehead atoms. The van der Waals surface area contributed by atoms with Gasteiger partial charge in [-0.2, -0.15) is 0 Å². The lowest BCUT2D eigenvalue weighted by Crippen LogP contribution is -2.64. The van der Waals surface area contributed by atoms with E-state index in [1.54, 1.807) is 67.5 Å². The molecule has 0 saturated carbocycles. The van der Waals surface area contributed by atoms with Crippen LogP contribution in [0.5, 0.6) is 0 Å². The molecule has 0 spiro atoms. The first-order chi connectivity index (χ1) is 45.2. The minimum absolute atomic E-state index is 0.0555. The van der Waals surface area contributed by atoms with Crippen LogP contribution in [0.4, 0.5) is 0 Å². The van der Waals surface area contributed by atoms with Gasteiger partial charge in [0.1, 0.15) is 66.5 Å². The molecule has 1 rings (SSSR count). The molecule has 0 aliphatic carbocycles. The van der Waals surface area contributed by atoms with Gasteiger partial charge < -0.3 is 75.3 Å². The maximum Gasteiger partial charge on any atom is 0.320 e. The predicted molar refractivity (Wildman–Crippen MR) is 370 cm³/mol. The average Bonchev–Trinajstić information content (AvgIpc) is 0.803. The topological polar surface area (TPSA) is 352 Å². The van der Waals surface area contributed by atoms with Crippen molar-refractivity contribution in [2.24, 2.45) is 41.4 Å². The second kappa shape index (κ2) is 40.1. The molecule has 0 aromatic heterocycles. The van der Waals surface area contributed by atoms with E-state index in [0.717, 1.165) is 19.6 Å². The molecule has 98 heavy (non-hydrogen) atoms. The van der Waals surface area contributed by atoms with Gasteiger partial charge in [0.15, 0.2) is 5.92 Å². The zero-order valence-corrected chi connectivity index (χ0v) is 63.6. The SMILES string of the molecule is CC=CC[C@@H](C)[C@@H](O)[C@H]1C(=O)N[C@@H](CC)C(=O)N(C)[C@H](CC(C(=O)OCC)C(=O)OCC)C(=O)N(C)[C@@H](CC(C)(C)O)C(=O)N[C@@H](C(C)C)C(=O)N(C)[C@@H](CC(C)C)C(=O)N[C@@H](C)C(=O)N[C@H](C)C(=O)N(C)[C@@H](CC(C)C)C(=O)N(C)[C@@H](CC(C)C)C(=O)N(C)[C@@H](C(C)C)C(=O)N1C. The minimum atomic E-state index is -1.88. The lowest BCUT2D eigenvalue weighted by Gasteiger charge is -2.41. The summed E-state index contributed by atoms with van der Waals surface area (Å²) in [5.74, 6) is -16.1. The molecule has 560 valence electrons. The lowest BCUT2D eigenvalue weighted by molar-refractivity contribution is -0.164. The quantitative estimate of drug-likeness (QED) is 0.0547. The second-order valence-corrected chi connectivity index (χ2v) is 29.0. The molecule has 0 aromatic rings. The monoisotopic (exact) mass is 1390 g/mol. The Labute approximate surface area is 583 Å². The van der Waals surface area contributed by atoms with Gasteiger partial charge in [-0.25, -0.2) is 0 Å². The number of likely N-dealkylation sites (N-methyl/N-ethyl adjacent to an activating group) is 7. The van der Waals surface area contributed by atoms with Crippen LogP contribution in [0.15, 0.2) is 12.2 Å². The zero-order chi connectivity index (χ0) is 76.0. The Bertz CT molecular complexity index is 2750. The highest BCUT2D eigenvalue weighted by molar-refractivity contribution is 6.01. The number of carbonyl (C=O) groups is 13. The number of carbonyl (C=O) groups excluding carboxylic acids is 13. The number of hydrogen-bond donors (Lipinski definition) is 6. The number of nitrogens with one attached hydrogen (secondary N) is 4. The van der Waals surface area contributed by atoms with Gasteiger partial charge >= 0.3 is 11.9 Å². The molecular formula is C70H123N11O17. The molecule has 0 radical (unpaired) electrons. The smallest absolute Gasteiger partial charge is 0.320 e. The first-order valence-corrected chi connectivity index (χ1v) is 34.7. The molecule has 1 aliphatic heterocycles. The number of allylic oxidation sites excluding steroid dienone is 2. The van der Waals surface area contributed by atoms with E-state index in [1.165, 1.54) is 112 Å². The molecule has 1 heterocycles. The number of esters is 2. The van der Waals surface area contributed by atoms with E-state index in [-0.39, 0.29) is 63.1 Å².